The summed E-state index contributed by atoms with van der Waals surface area (Å²) in [6, 6.07) is 8.26. The number of nitrogens with zero attached hydrogens (tertiary/aromatic N) is 4. The number of hydrazone groups is 1. The van der Waals surface area contributed by atoms with Gasteiger partial charge >= 0.3 is 0 Å². The summed E-state index contributed by atoms with van der Waals surface area (Å²) >= 11 is 1.49. The smallest absolute Gasteiger partial charge is 0.263 e. The number of aromatic nitrogens is 1. The second-order valence-corrected chi connectivity index (χ2v) is 7.43. The number of anilines is 1. The van der Waals surface area contributed by atoms with Crippen molar-refractivity contribution in [1.29, 1.82) is 0 Å². The van der Waals surface area contributed by atoms with Gasteiger partial charge in [0.15, 0.2) is 0 Å². The van der Waals surface area contributed by atoms with Crippen molar-refractivity contribution >= 4 is 44.5 Å². The molecule has 0 bridgehead atoms. The highest BCUT2D eigenvalue weighted by molar-refractivity contribution is 7.22. The van der Waals surface area contributed by atoms with E-state index in [1.807, 2.05) is 37.4 Å². The molecule has 2 aliphatic rings. The van der Waals surface area contributed by atoms with Gasteiger partial charge in [-0.3, -0.25) is 9.79 Å². The van der Waals surface area contributed by atoms with E-state index in [1.54, 1.807) is 0 Å². The summed E-state index contributed by atoms with van der Waals surface area (Å²) in [6.45, 7) is 1.89. The highest BCUT2D eigenvalue weighted by atomic mass is 32.1. The molecular weight excluding hydrogens is 320 g/mol. The lowest BCUT2D eigenvalue weighted by molar-refractivity contribution is -0.118. The van der Waals surface area contributed by atoms with Crippen molar-refractivity contribution in [3.63, 3.8) is 0 Å². The first-order valence-electron chi connectivity index (χ1n) is 8.50. The normalized spacial score (nSPS) is 22.7. The van der Waals surface area contributed by atoms with Gasteiger partial charge in [0.05, 0.1) is 15.9 Å². The van der Waals surface area contributed by atoms with Crippen LogP contribution in [0.15, 0.2) is 34.4 Å². The molecule has 4 rings (SSSR count). The van der Waals surface area contributed by atoms with Gasteiger partial charge in [-0.15, -0.1) is 0 Å². The van der Waals surface area contributed by atoms with Crippen molar-refractivity contribution in [1.82, 2.24) is 4.98 Å². The number of hydrogen-bond donors (Lipinski definition) is 0. The van der Waals surface area contributed by atoms with Gasteiger partial charge in [0.1, 0.15) is 5.92 Å². The topological polar surface area (TPSA) is 57.9 Å². The number of para-hydroxylation sites is 1. The number of rotatable bonds is 3. The number of hydrogen-bond acceptors (Lipinski definition) is 5. The molecule has 1 aromatic carbocycles. The predicted molar refractivity (Wildman–Crippen MR) is 99.1 cm³/mol. The number of amides is 1. The third-order valence-electron chi connectivity index (χ3n) is 4.67. The van der Waals surface area contributed by atoms with Crippen LogP contribution in [0.3, 0.4) is 0 Å². The summed E-state index contributed by atoms with van der Waals surface area (Å²) < 4.78 is 1.06. The zero-order valence-corrected chi connectivity index (χ0v) is 14.5. The molecule has 0 saturated heterocycles. The highest BCUT2D eigenvalue weighted by Crippen LogP contribution is 2.32. The Bertz CT molecular complexity index is 786. The number of benzene rings is 1. The largest absolute Gasteiger partial charge is 0.293 e. The minimum absolute atomic E-state index is 0.0499. The van der Waals surface area contributed by atoms with Crippen LogP contribution in [0.5, 0.6) is 0 Å². The third-order valence-corrected chi connectivity index (χ3v) is 5.68. The molecular formula is C18H20N4OS. The quantitative estimate of drug-likeness (QED) is 0.792. The predicted octanol–water partition coefficient (Wildman–Crippen LogP) is 4.04. The Kier molecular flexibility index (Phi) is 4.14. The molecule has 124 valence electrons. The first-order chi connectivity index (χ1) is 11.7. The SMILES string of the molecule is CC1=NN(c2nc3ccccc3s2)C(=O)[C@@H]1C=NC1CCCCC1. The van der Waals surface area contributed by atoms with E-state index in [9.17, 15) is 4.79 Å². The molecule has 0 spiro atoms. The molecule has 1 saturated carbocycles. The minimum atomic E-state index is -0.348. The Morgan fingerprint density at radius 1 is 1.25 bits per heavy atom. The van der Waals surface area contributed by atoms with Crippen LogP contribution in [0, 0.1) is 5.92 Å². The molecule has 1 aliphatic heterocycles. The van der Waals surface area contributed by atoms with Crippen molar-refractivity contribution < 1.29 is 4.79 Å². The van der Waals surface area contributed by atoms with E-state index in [0.717, 1.165) is 28.8 Å². The molecule has 1 atom stereocenters. The van der Waals surface area contributed by atoms with E-state index in [0.29, 0.717) is 11.2 Å². The fourth-order valence-corrected chi connectivity index (χ4v) is 4.20. The lowest BCUT2D eigenvalue weighted by atomic mass is 9.96. The van der Waals surface area contributed by atoms with Gasteiger partial charge < -0.3 is 0 Å². The van der Waals surface area contributed by atoms with E-state index in [-0.39, 0.29) is 11.8 Å². The number of aliphatic imine (C=N–C) groups is 1. The number of fused-ring (bicyclic) bond motifs is 1. The van der Waals surface area contributed by atoms with Crippen molar-refractivity contribution in [3.8, 4) is 0 Å². The van der Waals surface area contributed by atoms with Crippen LogP contribution in [0.25, 0.3) is 10.2 Å². The van der Waals surface area contributed by atoms with Crippen molar-refractivity contribution in [2.75, 3.05) is 5.01 Å². The molecule has 1 amide bonds. The second kappa shape index (κ2) is 6.43. The summed E-state index contributed by atoms with van der Waals surface area (Å²) in [4.78, 5) is 22.0. The van der Waals surface area contributed by atoms with E-state index in [2.05, 4.69) is 15.1 Å². The van der Waals surface area contributed by atoms with Gasteiger partial charge in [-0.25, -0.2) is 4.98 Å². The van der Waals surface area contributed by atoms with Crippen LogP contribution >= 0.6 is 11.3 Å². The molecule has 0 radical (unpaired) electrons. The summed E-state index contributed by atoms with van der Waals surface area (Å²) in [5.41, 5.74) is 1.69. The zero-order valence-electron chi connectivity index (χ0n) is 13.7. The van der Waals surface area contributed by atoms with Crippen LogP contribution in [-0.4, -0.2) is 28.9 Å². The molecule has 0 N–H and O–H groups in total. The number of carbonyl (C=O) groups is 1. The van der Waals surface area contributed by atoms with Gasteiger partial charge in [0.25, 0.3) is 5.91 Å². The Morgan fingerprint density at radius 2 is 2.04 bits per heavy atom. The van der Waals surface area contributed by atoms with Gasteiger partial charge in [-0.2, -0.15) is 10.1 Å². The first-order valence-corrected chi connectivity index (χ1v) is 9.32. The molecule has 1 aliphatic carbocycles. The van der Waals surface area contributed by atoms with Crippen LogP contribution in [0.1, 0.15) is 39.0 Å². The van der Waals surface area contributed by atoms with Crippen molar-refractivity contribution in [3.05, 3.63) is 24.3 Å². The fourth-order valence-electron chi connectivity index (χ4n) is 3.28. The summed E-state index contributed by atoms with van der Waals surface area (Å²) in [7, 11) is 0. The lowest BCUT2D eigenvalue weighted by Gasteiger charge is -2.17. The van der Waals surface area contributed by atoms with Crippen LogP contribution in [0.4, 0.5) is 5.13 Å². The standard InChI is InChI=1S/C18H20N4OS/c1-12-14(11-19-13-7-3-2-4-8-13)17(23)22(21-12)18-20-15-9-5-6-10-16(15)24-18/h5-6,9-11,13-14H,2-4,7-8H2,1H3/t14-/m1/s1. The van der Waals surface area contributed by atoms with Crippen LogP contribution in [-0.2, 0) is 4.79 Å². The maximum atomic E-state index is 12.8. The minimum Gasteiger partial charge on any atom is -0.293 e. The summed E-state index contributed by atoms with van der Waals surface area (Å²) in [5.74, 6) is -0.398. The Morgan fingerprint density at radius 3 is 2.83 bits per heavy atom. The average molecular weight is 340 g/mol. The van der Waals surface area contributed by atoms with Gasteiger partial charge in [-0.05, 0) is 31.9 Å². The van der Waals surface area contributed by atoms with E-state index >= 15 is 0 Å². The molecule has 2 heterocycles. The van der Waals surface area contributed by atoms with Crippen LogP contribution in [0.2, 0.25) is 0 Å². The maximum Gasteiger partial charge on any atom is 0.263 e. The maximum absolute atomic E-state index is 12.8. The molecule has 0 unspecified atom stereocenters. The fraction of sp³-hybridized carbons (Fsp3) is 0.444. The van der Waals surface area contributed by atoms with Crippen LogP contribution < -0.4 is 5.01 Å². The monoisotopic (exact) mass is 340 g/mol. The lowest BCUT2D eigenvalue weighted by Crippen LogP contribution is -2.28. The Hall–Kier alpha value is -2.08. The third kappa shape index (κ3) is 2.86. The van der Waals surface area contributed by atoms with E-state index < -0.39 is 0 Å². The Balaban J connectivity index is 1.54. The van der Waals surface area contributed by atoms with Gasteiger partial charge in [0, 0.05) is 12.3 Å². The van der Waals surface area contributed by atoms with Crippen molar-refractivity contribution in [2.45, 2.75) is 45.1 Å². The molecule has 1 aromatic heterocycles. The summed E-state index contributed by atoms with van der Waals surface area (Å²) in [5, 5.41) is 6.51. The zero-order chi connectivity index (χ0) is 16.5. The number of carbonyl (C=O) groups excluding carboxylic acids is 1. The molecule has 1 fully saturated rings. The first kappa shape index (κ1) is 15.4. The summed E-state index contributed by atoms with van der Waals surface area (Å²) in [6.07, 6.45) is 7.87. The van der Waals surface area contributed by atoms with E-state index in [1.165, 1.54) is 35.6 Å². The average Bonchev–Trinajstić information content (AvgIpc) is 3.15. The molecule has 24 heavy (non-hydrogen) atoms. The van der Waals surface area contributed by atoms with Gasteiger partial charge in [0.2, 0.25) is 5.13 Å². The van der Waals surface area contributed by atoms with Gasteiger partial charge in [-0.1, -0.05) is 42.7 Å². The second-order valence-electron chi connectivity index (χ2n) is 6.42. The molecule has 2 aromatic rings. The Labute approximate surface area is 145 Å². The highest BCUT2D eigenvalue weighted by Gasteiger charge is 2.35. The molecule has 5 nitrogen and oxygen atoms in total. The molecule has 6 heteroatoms. The van der Waals surface area contributed by atoms with E-state index in [4.69, 9.17) is 0 Å². The number of thiazole rings is 1. The van der Waals surface area contributed by atoms with Crippen molar-refractivity contribution in [2.24, 2.45) is 16.0 Å².